The second-order valence-electron chi connectivity index (χ2n) is 5.73. The van der Waals surface area contributed by atoms with Crippen molar-refractivity contribution >= 4 is 17.3 Å². The molecule has 0 aliphatic carbocycles. The number of nitro groups is 1. The minimum Gasteiger partial charge on any atom is -0.496 e. The molecule has 1 aromatic carbocycles. The second kappa shape index (κ2) is 6.17. The first kappa shape index (κ1) is 16.9. The molecule has 0 saturated heterocycles. The molecule has 2 aromatic heterocycles. The van der Waals surface area contributed by atoms with Gasteiger partial charge in [-0.3, -0.25) is 14.8 Å². The molecule has 0 bridgehead atoms. The van der Waals surface area contributed by atoms with E-state index in [1.54, 1.807) is 32.0 Å². The molecule has 0 atom stereocenters. The summed E-state index contributed by atoms with van der Waals surface area (Å²) >= 11 is 6.03. The highest BCUT2D eigenvalue weighted by Gasteiger charge is 2.32. The lowest BCUT2D eigenvalue weighted by Crippen LogP contribution is -2.28. The van der Waals surface area contributed by atoms with Gasteiger partial charge in [0.1, 0.15) is 23.7 Å². The molecule has 0 radical (unpaired) electrons. The van der Waals surface area contributed by atoms with E-state index in [0.717, 1.165) is 0 Å². The summed E-state index contributed by atoms with van der Waals surface area (Å²) in [7, 11) is 1.53. The van der Waals surface area contributed by atoms with E-state index in [9.17, 15) is 10.1 Å². The van der Waals surface area contributed by atoms with Gasteiger partial charge in [-0.05, 0) is 32.0 Å². The zero-order valence-electron chi connectivity index (χ0n) is 13.6. The van der Waals surface area contributed by atoms with Gasteiger partial charge in [-0.15, -0.1) is 0 Å². The molecule has 0 aliphatic rings. The Morgan fingerprint density at radius 3 is 2.80 bits per heavy atom. The first-order chi connectivity index (χ1) is 11.8. The van der Waals surface area contributed by atoms with Crippen LogP contribution in [0.15, 0.2) is 35.1 Å². The van der Waals surface area contributed by atoms with Crippen LogP contribution in [0.4, 0.5) is 5.69 Å². The first-order valence-corrected chi connectivity index (χ1v) is 7.58. The van der Waals surface area contributed by atoms with Gasteiger partial charge in [-0.1, -0.05) is 16.8 Å². The summed E-state index contributed by atoms with van der Waals surface area (Å²) < 4.78 is 12.0. The van der Waals surface area contributed by atoms with Crippen LogP contribution in [0, 0.1) is 10.1 Å². The van der Waals surface area contributed by atoms with Gasteiger partial charge >= 0.3 is 5.69 Å². The van der Waals surface area contributed by atoms with Crippen molar-refractivity contribution in [1.82, 2.24) is 19.9 Å². The van der Waals surface area contributed by atoms with Crippen molar-refractivity contribution in [1.29, 1.82) is 0 Å². The third-order valence-electron chi connectivity index (χ3n) is 3.70. The van der Waals surface area contributed by atoms with Crippen molar-refractivity contribution in [2.24, 2.45) is 0 Å². The third-order valence-corrected chi connectivity index (χ3v) is 3.94. The van der Waals surface area contributed by atoms with Crippen molar-refractivity contribution in [3.05, 3.63) is 51.6 Å². The monoisotopic (exact) mass is 363 g/mol. The summed E-state index contributed by atoms with van der Waals surface area (Å²) in [5.74, 6) is 1.08. The maximum absolute atomic E-state index is 10.8. The molecule has 0 spiro atoms. The number of nitrogens with zero attached hydrogens (tertiary/aromatic N) is 5. The van der Waals surface area contributed by atoms with Crippen LogP contribution in [0.2, 0.25) is 5.02 Å². The Kier molecular flexibility index (Phi) is 4.17. The van der Waals surface area contributed by atoms with Gasteiger partial charge in [-0.2, -0.15) is 10.1 Å². The number of hydrogen-bond acceptors (Lipinski definition) is 7. The number of halogens is 1. The summed E-state index contributed by atoms with van der Waals surface area (Å²) in [6.45, 7) is 3.52. The van der Waals surface area contributed by atoms with Crippen LogP contribution in [0.3, 0.4) is 0 Å². The Balaban J connectivity index is 2.00. The first-order valence-electron chi connectivity index (χ1n) is 7.20. The van der Waals surface area contributed by atoms with E-state index in [0.29, 0.717) is 22.2 Å². The molecule has 0 fully saturated rings. The molecular weight excluding hydrogens is 350 g/mol. The van der Waals surface area contributed by atoms with Gasteiger partial charge in [0, 0.05) is 5.02 Å². The van der Waals surface area contributed by atoms with E-state index in [1.165, 1.54) is 24.2 Å². The fourth-order valence-corrected chi connectivity index (χ4v) is 2.42. The van der Waals surface area contributed by atoms with Crippen molar-refractivity contribution < 1.29 is 14.2 Å². The topological polar surface area (TPSA) is 109 Å². The van der Waals surface area contributed by atoms with Crippen LogP contribution in [-0.2, 0) is 5.54 Å². The van der Waals surface area contributed by atoms with Crippen LogP contribution < -0.4 is 4.74 Å². The lowest BCUT2D eigenvalue weighted by molar-refractivity contribution is -0.385. The van der Waals surface area contributed by atoms with E-state index in [2.05, 4.69) is 15.2 Å². The molecule has 25 heavy (non-hydrogen) atoms. The standard InChI is InChI=1S/C15H14ClN5O4/c1-15(2,20-8-10(7-17-20)21(22)23)14-18-13(19-25-14)11-6-9(16)4-5-12(11)24-3/h4-8H,1-3H3. The largest absolute Gasteiger partial charge is 0.496 e. The SMILES string of the molecule is COc1ccc(Cl)cc1-c1noc(C(C)(C)n2cc([N+](=O)[O-])cn2)n1. The van der Waals surface area contributed by atoms with Gasteiger partial charge in [0.15, 0.2) is 0 Å². The van der Waals surface area contributed by atoms with Gasteiger partial charge in [0.2, 0.25) is 5.82 Å². The van der Waals surface area contributed by atoms with Gasteiger partial charge < -0.3 is 9.26 Å². The predicted octanol–water partition coefficient (Wildman–Crippen LogP) is 3.29. The van der Waals surface area contributed by atoms with E-state index in [4.69, 9.17) is 20.9 Å². The van der Waals surface area contributed by atoms with Gasteiger partial charge in [0.25, 0.3) is 5.89 Å². The average molecular weight is 364 g/mol. The van der Waals surface area contributed by atoms with Crippen LogP contribution in [0.25, 0.3) is 11.4 Å². The molecule has 0 unspecified atom stereocenters. The van der Waals surface area contributed by atoms with E-state index >= 15 is 0 Å². The average Bonchev–Trinajstić information content (AvgIpc) is 3.25. The molecule has 3 aromatic rings. The van der Waals surface area contributed by atoms with Gasteiger partial charge in [-0.25, -0.2) is 0 Å². The van der Waals surface area contributed by atoms with E-state index in [-0.39, 0.29) is 11.6 Å². The number of aromatic nitrogens is 4. The van der Waals surface area contributed by atoms with Crippen molar-refractivity contribution in [3.63, 3.8) is 0 Å². The smallest absolute Gasteiger partial charge is 0.307 e. The molecular formula is C15H14ClN5O4. The molecule has 3 rings (SSSR count). The molecule has 130 valence electrons. The molecule has 0 N–H and O–H groups in total. The van der Waals surface area contributed by atoms with Crippen molar-refractivity contribution in [3.8, 4) is 17.1 Å². The van der Waals surface area contributed by atoms with Crippen LogP contribution in [-0.4, -0.2) is 32.0 Å². The molecule has 2 heterocycles. The zero-order valence-corrected chi connectivity index (χ0v) is 14.4. The fraction of sp³-hybridized carbons (Fsp3) is 0.267. The summed E-state index contributed by atoms with van der Waals surface area (Å²) in [5.41, 5.74) is -0.428. The maximum atomic E-state index is 10.8. The highest BCUT2D eigenvalue weighted by Crippen LogP contribution is 2.33. The Hall–Kier alpha value is -2.94. The number of rotatable bonds is 5. The summed E-state index contributed by atoms with van der Waals surface area (Å²) in [6.07, 6.45) is 2.48. The molecule has 10 heteroatoms. The summed E-state index contributed by atoms with van der Waals surface area (Å²) in [4.78, 5) is 14.7. The number of methoxy groups -OCH3 is 1. The summed E-state index contributed by atoms with van der Waals surface area (Å²) in [5, 5.41) is 19.3. The maximum Gasteiger partial charge on any atom is 0.307 e. The lowest BCUT2D eigenvalue weighted by Gasteiger charge is -2.19. The normalized spacial score (nSPS) is 11.5. The quantitative estimate of drug-likeness (QED) is 0.505. The minimum atomic E-state index is -0.884. The number of hydrogen-bond donors (Lipinski definition) is 0. The molecule has 0 amide bonds. The van der Waals surface area contributed by atoms with Crippen LogP contribution in [0.1, 0.15) is 19.7 Å². The lowest BCUT2D eigenvalue weighted by atomic mass is 10.1. The van der Waals surface area contributed by atoms with E-state index in [1.807, 2.05) is 0 Å². The highest BCUT2D eigenvalue weighted by molar-refractivity contribution is 6.30. The van der Waals surface area contributed by atoms with Crippen LogP contribution in [0.5, 0.6) is 5.75 Å². The Labute approximate surface area is 147 Å². The van der Waals surface area contributed by atoms with Gasteiger partial charge in [0.05, 0.1) is 17.6 Å². The van der Waals surface area contributed by atoms with E-state index < -0.39 is 10.5 Å². The highest BCUT2D eigenvalue weighted by atomic mass is 35.5. The molecule has 9 nitrogen and oxygen atoms in total. The second-order valence-corrected chi connectivity index (χ2v) is 6.16. The predicted molar refractivity (Wildman–Crippen MR) is 88.6 cm³/mol. The van der Waals surface area contributed by atoms with Crippen LogP contribution >= 0.6 is 11.6 Å². The molecule has 0 aliphatic heterocycles. The van der Waals surface area contributed by atoms with Crippen molar-refractivity contribution in [2.45, 2.75) is 19.4 Å². The third kappa shape index (κ3) is 3.05. The number of benzene rings is 1. The number of ether oxygens (including phenoxy) is 1. The zero-order chi connectivity index (χ0) is 18.2. The fourth-order valence-electron chi connectivity index (χ4n) is 2.25. The Morgan fingerprint density at radius 2 is 2.16 bits per heavy atom. The van der Waals surface area contributed by atoms with Crippen molar-refractivity contribution in [2.75, 3.05) is 7.11 Å². The Bertz CT molecular complexity index is 934. The Morgan fingerprint density at radius 1 is 1.40 bits per heavy atom. The summed E-state index contributed by atoms with van der Waals surface area (Å²) in [6, 6.07) is 5.06. The minimum absolute atomic E-state index is 0.121. The molecule has 0 saturated carbocycles.